The summed E-state index contributed by atoms with van der Waals surface area (Å²) in [4.78, 5) is 4.80. The van der Waals surface area contributed by atoms with Gasteiger partial charge in [-0.2, -0.15) is 5.10 Å². The largest absolute Gasteiger partial charge is 0.376 e. The lowest BCUT2D eigenvalue weighted by atomic mass is 9.93. The van der Waals surface area contributed by atoms with E-state index in [-0.39, 0.29) is 0 Å². The smallest absolute Gasteiger partial charge is 0.0746 e. The van der Waals surface area contributed by atoms with Gasteiger partial charge in [-0.05, 0) is 21.0 Å². The maximum atomic E-state index is 6.00. The number of hydrogen-bond donors (Lipinski definition) is 0. The van der Waals surface area contributed by atoms with Gasteiger partial charge in [0.05, 0.1) is 18.9 Å². The van der Waals surface area contributed by atoms with Crippen LogP contribution >= 0.6 is 0 Å². The van der Waals surface area contributed by atoms with Crippen LogP contribution in [0.5, 0.6) is 0 Å². The van der Waals surface area contributed by atoms with Crippen molar-refractivity contribution in [3.63, 3.8) is 0 Å². The predicted octanol–water partition coefficient (Wildman–Crippen LogP) is 0.911. The van der Waals surface area contributed by atoms with Crippen molar-refractivity contribution in [3.8, 4) is 0 Å². The molecule has 0 spiro atoms. The molecule has 1 aromatic rings. The van der Waals surface area contributed by atoms with E-state index in [4.69, 9.17) is 4.74 Å². The molecule has 2 fully saturated rings. The van der Waals surface area contributed by atoms with E-state index in [1.54, 1.807) is 0 Å². The molecule has 3 heterocycles. The summed E-state index contributed by atoms with van der Waals surface area (Å²) < 4.78 is 7.99. The summed E-state index contributed by atoms with van der Waals surface area (Å²) in [6, 6.07) is 0. The van der Waals surface area contributed by atoms with Crippen molar-refractivity contribution in [1.29, 1.82) is 0 Å². The maximum Gasteiger partial charge on any atom is 0.0746 e. The zero-order valence-corrected chi connectivity index (χ0v) is 12.8. The van der Waals surface area contributed by atoms with Gasteiger partial charge in [-0.1, -0.05) is 0 Å². The molecule has 2 aliphatic heterocycles. The third kappa shape index (κ3) is 2.90. The molecule has 0 bridgehead atoms. The van der Waals surface area contributed by atoms with Gasteiger partial charge < -0.3 is 9.64 Å². The molecular formula is C15H26N4O. The van der Waals surface area contributed by atoms with Gasteiger partial charge in [0, 0.05) is 56.3 Å². The number of nitrogens with zero attached hydrogens (tertiary/aromatic N) is 4. The number of aryl methyl sites for hydroxylation is 1. The highest BCUT2D eigenvalue weighted by molar-refractivity contribution is 5.05. The Morgan fingerprint density at radius 2 is 2.25 bits per heavy atom. The lowest BCUT2D eigenvalue weighted by Crippen LogP contribution is -2.30. The fraction of sp³-hybridized carbons (Fsp3) is 0.800. The number of hydrogen-bond acceptors (Lipinski definition) is 4. The molecule has 112 valence electrons. The van der Waals surface area contributed by atoms with Crippen LogP contribution in [0.25, 0.3) is 0 Å². The van der Waals surface area contributed by atoms with E-state index >= 15 is 0 Å². The lowest BCUT2D eigenvalue weighted by Gasteiger charge is -2.21. The van der Waals surface area contributed by atoms with Gasteiger partial charge in [0.15, 0.2) is 0 Å². The van der Waals surface area contributed by atoms with Crippen LogP contribution in [0.15, 0.2) is 12.4 Å². The quantitative estimate of drug-likeness (QED) is 0.802. The minimum Gasteiger partial charge on any atom is -0.376 e. The molecule has 0 aromatic carbocycles. The first-order valence-corrected chi connectivity index (χ1v) is 7.65. The fourth-order valence-electron chi connectivity index (χ4n) is 3.59. The van der Waals surface area contributed by atoms with Gasteiger partial charge in [-0.15, -0.1) is 0 Å². The van der Waals surface area contributed by atoms with Crippen LogP contribution in [0.2, 0.25) is 0 Å². The van der Waals surface area contributed by atoms with E-state index in [0.29, 0.717) is 17.9 Å². The molecule has 0 unspecified atom stereocenters. The molecule has 20 heavy (non-hydrogen) atoms. The van der Waals surface area contributed by atoms with Gasteiger partial charge in [0.2, 0.25) is 0 Å². The summed E-state index contributed by atoms with van der Waals surface area (Å²) in [6.45, 7) is 8.39. The topological polar surface area (TPSA) is 33.5 Å². The molecule has 3 rings (SSSR count). The summed E-state index contributed by atoms with van der Waals surface area (Å²) >= 11 is 0. The summed E-state index contributed by atoms with van der Waals surface area (Å²) in [5.41, 5.74) is 1.32. The van der Waals surface area contributed by atoms with Gasteiger partial charge in [0.25, 0.3) is 0 Å². The Kier molecular flexibility index (Phi) is 4.10. The minimum atomic E-state index is 0.446. The van der Waals surface area contributed by atoms with Crippen molar-refractivity contribution in [2.75, 3.05) is 40.3 Å². The van der Waals surface area contributed by atoms with Crippen molar-refractivity contribution < 1.29 is 4.74 Å². The van der Waals surface area contributed by atoms with E-state index < -0.39 is 0 Å². The number of fused-ring (bicyclic) bond motifs is 1. The van der Waals surface area contributed by atoms with E-state index in [0.717, 1.165) is 32.8 Å². The van der Waals surface area contributed by atoms with Crippen LogP contribution in [-0.2, 0) is 17.8 Å². The summed E-state index contributed by atoms with van der Waals surface area (Å²) in [5.74, 6) is 1.40. The molecule has 0 N–H and O–H groups in total. The third-order valence-electron chi connectivity index (χ3n) is 4.53. The first-order valence-electron chi connectivity index (χ1n) is 7.65. The highest BCUT2D eigenvalue weighted by atomic mass is 16.5. The van der Waals surface area contributed by atoms with Crippen molar-refractivity contribution in [3.05, 3.63) is 18.0 Å². The fourth-order valence-corrected chi connectivity index (χ4v) is 3.59. The summed E-state index contributed by atoms with van der Waals surface area (Å²) in [5, 5.41) is 4.36. The monoisotopic (exact) mass is 278 g/mol. The second-order valence-electron chi connectivity index (χ2n) is 6.46. The molecule has 0 saturated carbocycles. The standard InChI is InChI=1S/C15H26N4O/c1-4-19-7-12(5-16-19)6-18-9-14-13(8-17(2)3)11-20-15(14)10-18/h5,7,13-15H,4,6,8-11H2,1-3H3/t13-,14-,15-/m1/s1. The maximum absolute atomic E-state index is 6.00. The Hall–Kier alpha value is -0.910. The van der Waals surface area contributed by atoms with Crippen molar-refractivity contribution >= 4 is 0 Å². The first-order chi connectivity index (χ1) is 9.65. The second kappa shape index (κ2) is 5.84. The van der Waals surface area contributed by atoms with E-state index in [1.807, 2.05) is 10.9 Å². The zero-order valence-electron chi connectivity index (χ0n) is 12.8. The van der Waals surface area contributed by atoms with Crippen LogP contribution < -0.4 is 0 Å². The SMILES string of the molecule is CCn1cc(CN2C[C@@H]3[C@H](CN(C)C)CO[C@@H]3C2)cn1. The van der Waals surface area contributed by atoms with Crippen LogP contribution in [-0.4, -0.2) is 66.0 Å². The number of aromatic nitrogens is 2. The number of ether oxygens (including phenoxy) is 1. The van der Waals surface area contributed by atoms with Crippen molar-refractivity contribution in [2.45, 2.75) is 26.1 Å². The van der Waals surface area contributed by atoms with Crippen LogP contribution in [0.3, 0.4) is 0 Å². The molecule has 0 amide bonds. The molecule has 3 atom stereocenters. The minimum absolute atomic E-state index is 0.446. The summed E-state index contributed by atoms with van der Waals surface area (Å²) in [7, 11) is 4.30. The summed E-state index contributed by atoms with van der Waals surface area (Å²) in [6.07, 6.45) is 4.60. The van der Waals surface area contributed by atoms with Crippen molar-refractivity contribution in [1.82, 2.24) is 19.6 Å². The Balaban J connectivity index is 1.56. The normalized spacial score (nSPS) is 30.3. The predicted molar refractivity (Wildman–Crippen MR) is 78.5 cm³/mol. The number of rotatable bonds is 5. The molecule has 0 aliphatic carbocycles. The molecule has 1 aromatic heterocycles. The molecule has 0 radical (unpaired) electrons. The molecule has 2 aliphatic rings. The van der Waals surface area contributed by atoms with E-state index in [1.165, 1.54) is 12.1 Å². The molecule has 2 saturated heterocycles. The number of likely N-dealkylation sites (tertiary alicyclic amines) is 1. The Labute approximate surface area is 121 Å². The van der Waals surface area contributed by atoms with Crippen molar-refractivity contribution in [2.24, 2.45) is 11.8 Å². The van der Waals surface area contributed by atoms with Gasteiger partial charge >= 0.3 is 0 Å². The lowest BCUT2D eigenvalue weighted by molar-refractivity contribution is 0.0921. The highest BCUT2D eigenvalue weighted by Crippen LogP contribution is 2.34. The zero-order chi connectivity index (χ0) is 14.1. The van der Waals surface area contributed by atoms with E-state index in [2.05, 4.69) is 42.1 Å². The molecule has 5 nitrogen and oxygen atoms in total. The van der Waals surface area contributed by atoms with Gasteiger partial charge in [-0.25, -0.2) is 0 Å². The Morgan fingerprint density at radius 1 is 1.40 bits per heavy atom. The van der Waals surface area contributed by atoms with Gasteiger partial charge in [-0.3, -0.25) is 9.58 Å². The molecular weight excluding hydrogens is 252 g/mol. The average molecular weight is 278 g/mol. The average Bonchev–Trinajstić information content (AvgIpc) is 3.07. The Morgan fingerprint density at radius 3 is 2.95 bits per heavy atom. The van der Waals surface area contributed by atoms with Crippen LogP contribution in [0.1, 0.15) is 12.5 Å². The van der Waals surface area contributed by atoms with E-state index in [9.17, 15) is 0 Å². The molecule has 5 heteroatoms. The van der Waals surface area contributed by atoms with Crippen LogP contribution in [0, 0.1) is 11.8 Å². The first kappa shape index (κ1) is 14.0. The Bertz CT molecular complexity index is 445. The highest BCUT2D eigenvalue weighted by Gasteiger charge is 2.43. The third-order valence-corrected chi connectivity index (χ3v) is 4.53. The van der Waals surface area contributed by atoms with Gasteiger partial charge in [0.1, 0.15) is 0 Å². The second-order valence-corrected chi connectivity index (χ2v) is 6.46. The van der Waals surface area contributed by atoms with Crippen LogP contribution in [0.4, 0.5) is 0 Å².